The lowest BCUT2D eigenvalue weighted by Crippen LogP contribution is -2.29. The number of hydrogen-bond donors (Lipinski definition) is 1. The molecule has 1 heterocycles. The minimum Gasteiger partial charge on any atom is -0.507 e. The van der Waals surface area contributed by atoms with Crippen LogP contribution in [-0.4, -0.2) is 23.9 Å². The van der Waals surface area contributed by atoms with Crippen molar-refractivity contribution in [3.63, 3.8) is 0 Å². The standard InChI is InChI=1S/C25H18Cl2FNO4/c1-13-10-16(24(33-2)18(27)11-13)22(30)20-21(14-6-4-3-5-7-14)29(25(32)23(20)31)15-8-9-19(28)17(26)12-15/h3-12,21,30H,1-2H3/b22-20+. The third-order valence-electron chi connectivity index (χ3n) is 5.39. The van der Waals surface area contributed by atoms with Gasteiger partial charge in [0, 0.05) is 5.69 Å². The summed E-state index contributed by atoms with van der Waals surface area (Å²) in [5, 5.41) is 11.4. The fraction of sp³-hybridized carbons (Fsp3) is 0.120. The molecular weight excluding hydrogens is 468 g/mol. The largest absolute Gasteiger partial charge is 0.507 e. The number of ketones is 1. The maximum absolute atomic E-state index is 13.8. The summed E-state index contributed by atoms with van der Waals surface area (Å²) in [6.45, 7) is 1.77. The van der Waals surface area contributed by atoms with Crippen molar-refractivity contribution in [3.8, 4) is 5.75 Å². The molecule has 0 saturated carbocycles. The maximum Gasteiger partial charge on any atom is 0.300 e. The van der Waals surface area contributed by atoms with Crippen LogP contribution in [0.1, 0.15) is 22.7 Å². The van der Waals surface area contributed by atoms with E-state index in [4.69, 9.17) is 27.9 Å². The average molecular weight is 486 g/mol. The van der Waals surface area contributed by atoms with Crippen molar-refractivity contribution in [1.29, 1.82) is 0 Å². The number of aliphatic hydroxyl groups excluding tert-OH is 1. The summed E-state index contributed by atoms with van der Waals surface area (Å²) in [5.41, 5.74) is 1.53. The first-order chi connectivity index (χ1) is 15.7. The van der Waals surface area contributed by atoms with Crippen molar-refractivity contribution in [2.24, 2.45) is 0 Å². The monoisotopic (exact) mass is 485 g/mol. The zero-order valence-electron chi connectivity index (χ0n) is 17.6. The summed E-state index contributed by atoms with van der Waals surface area (Å²) in [6.07, 6.45) is 0. The van der Waals surface area contributed by atoms with Crippen LogP contribution in [0.15, 0.2) is 66.2 Å². The molecule has 3 aromatic carbocycles. The number of aliphatic hydroxyl groups is 1. The van der Waals surface area contributed by atoms with E-state index < -0.39 is 29.3 Å². The van der Waals surface area contributed by atoms with Gasteiger partial charge in [0.15, 0.2) is 0 Å². The molecule has 0 radical (unpaired) electrons. The summed E-state index contributed by atoms with van der Waals surface area (Å²) in [7, 11) is 1.39. The van der Waals surface area contributed by atoms with E-state index in [2.05, 4.69) is 0 Å². The number of Topliss-reactive ketones (excluding diaryl/α,β-unsaturated/α-hetero) is 1. The van der Waals surface area contributed by atoms with Gasteiger partial charge in [0.2, 0.25) is 0 Å². The number of methoxy groups -OCH3 is 1. The molecule has 1 fully saturated rings. The highest BCUT2D eigenvalue weighted by Gasteiger charge is 2.47. The maximum atomic E-state index is 13.8. The van der Waals surface area contributed by atoms with Gasteiger partial charge in [0.25, 0.3) is 11.7 Å². The lowest BCUT2D eigenvalue weighted by atomic mass is 9.94. The van der Waals surface area contributed by atoms with E-state index in [-0.39, 0.29) is 32.6 Å². The normalized spacial score (nSPS) is 17.5. The fourth-order valence-corrected chi connectivity index (χ4v) is 4.47. The predicted molar refractivity (Wildman–Crippen MR) is 125 cm³/mol. The number of ether oxygens (including phenoxy) is 1. The molecule has 1 saturated heterocycles. The molecule has 0 spiro atoms. The minimum atomic E-state index is -0.989. The number of aryl methyl sites for hydroxylation is 1. The van der Waals surface area contributed by atoms with Gasteiger partial charge in [-0.05, 0) is 48.4 Å². The number of halogens is 3. The predicted octanol–water partition coefficient (Wildman–Crippen LogP) is 6.08. The molecule has 5 nitrogen and oxygen atoms in total. The molecule has 1 amide bonds. The van der Waals surface area contributed by atoms with Gasteiger partial charge in [0.1, 0.15) is 17.3 Å². The van der Waals surface area contributed by atoms with Crippen LogP contribution in [-0.2, 0) is 9.59 Å². The number of amides is 1. The van der Waals surface area contributed by atoms with Crippen LogP contribution in [0.25, 0.3) is 5.76 Å². The first-order valence-corrected chi connectivity index (χ1v) is 10.7. The van der Waals surface area contributed by atoms with Crippen LogP contribution in [0.3, 0.4) is 0 Å². The molecule has 1 N–H and O–H groups in total. The number of carbonyl (C=O) groups excluding carboxylic acids is 2. The summed E-state index contributed by atoms with van der Waals surface area (Å²) >= 11 is 12.2. The Morgan fingerprint density at radius 3 is 2.36 bits per heavy atom. The Morgan fingerprint density at radius 2 is 1.73 bits per heavy atom. The van der Waals surface area contributed by atoms with Gasteiger partial charge in [-0.15, -0.1) is 0 Å². The van der Waals surface area contributed by atoms with Crippen LogP contribution < -0.4 is 9.64 Å². The molecule has 1 atom stereocenters. The zero-order chi connectivity index (χ0) is 23.9. The van der Waals surface area contributed by atoms with Gasteiger partial charge < -0.3 is 9.84 Å². The lowest BCUT2D eigenvalue weighted by Gasteiger charge is -2.25. The Balaban J connectivity index is 2.00. The van der Waals surface area contributed by atoms with Gasteiger partial charge >= 0.3 is 0 Å². The molecule has 3 aromatic rings. The van der Waals surface area contributed by atoms with Gasteiger partial charge in [-0.25, -0.2) is 4.39 Å². The van der Waals surface area contributed by atoms with Gasteiger partial charge in [-0.2, -0.15) is 0 Å². The van der Waals surface area contributed by atoms with Crippen molar-refractivity contribution in [2.75, 3.05) is 12.0 Å². The van der Waals surface area contributed by atoms with Crippen molar-refractivity contribution in [1.82, 2.24) is 0 Å². The molecule has 8 heteroatoms. The second kappa shape index (κ2) is 8.89. The zero-order valence-corrected chi connectivity index (χ0v) is 19.1. The Labute approximate surface area is 199 Å². The summed E-state index contributed by atoms with van der Waals surface area (Å²) in [6, 6.07) is 14.7. The highest BCUT2D eigenvalue weighted by atomic mass is 35.5. The second-order valence-corrected chi connectivity index (χ2v) is 8.32. The van der Waals surface area contributed by atoms with E-state index in [1.807, 2.05) is 0 Å². The highest BCUT2D eigenvalue weighted by molar-refractivity contribution is 6.52. The first kappa shape index (κ1) is 22.8. The number of nitrogens with zero attached hydrogens (tertiary/aromatic N) is 1. The van der Waals surface area contributed by atoms with Gasteiger partial charge in [-0.1, -0.05) is 53.5 Å². The van der Waals surface area contributed by atoms with E-state index in [0.29, 0.717) is 5.56 Å². The number of rotatable bonds is 4. The molecule has 1 aliphatic heterocycles. The van der Waals surface area contributed by atoms with E-state index in [1.54, 1.807) is 49.4 Å². The number of hydrogen-bond acceptors (Lipinski definition) is 4. The van der Waals surface area contributed by atoms with Crippen LogP contribution in [0.5, 0.6) is 5.75 Å². The van der Waals surface area contributed by atoms with Crippen LogP contribution >= 0.6 is 23.2 Å². The van der Waals surface area contributed by atoms with Crippen molar-refractivity contribution < 1.29 is 23.8 Å². The Hall–Kier alpha value is -3.35. The molecule has 0 aliphatic carbocycles. The summed E-state index contributed by atoms with van der Waals surface area (Å²) in [5.74, 6) is -2.71. The molecule has 0 bridgehead atoms. The molecule has 4 rings (SSSR count). The number of anilines is 1. The molecule has 1 unspecified atom stereocenters. The van der Waals surface area contributed by atoms with Crippen LogP contribution in [0.4, 0.5) is 10.1 Å². The average Bonchev–Trinajstić information content (AvgIpc) is 3.06. The number of carbonyl (C=O) groups is 2. The Morgan fingerprint density at radius 1 is 1.03 bits per heavy atom. The SMILES string of the molecule is COc1c(Cl)cc(C)cc1/C(O)=C1\C(=O)C(=O)N(c2ccc(F)c(Cl)c2)C1c1ccccc1. The Kier molecular flexibility index (Phi) is 6.15. The van der Waals surface area contributed by atoms with Crippen LogP contribution in [0.2, 0.25) is 10.0 Å². The Bertz CT molecular complexity index is 1310. The molecule has 1 aliphatic rings. The highest BCUT2D eigenvalue weighted by Crippen LogP contribution is 2.44. The molecule has 33 heavy (non-hydrogen) atoms. The number of benzene rings is 3. The fourth-order valence-electron chi connectivity index (χ4n) is 3.94. The molecule has 168 valence electrons. The van der Waals surface area contributed by atoms with Crippen molar-refractivity contribution >= 4 is 46.3 Å². The van der Waals surface area contributed by atoms with Gasteiger partial charge in [-0.3, -0.25) is 14.5 Å². The second-order valence-electron chi connectivity index (χ2n) is 7.51. The van der Waals surface area contributed by atoms with Crippen LogP contribution in [0, 0.1) is 12.7 Å². The third kappa shape index (κ3) is 3.96. The topological polar surface area (TPSA) is 66.8 Å². The summed E-state index contributed by atoms with van der Waals surface area (Å²) < 4.78 is 19.1. The van der Waals surface area contributed by atoms with E-state index in [0.717, 1.165) is 11.6 Å². The third-order valence-corrected chi connectivity index (χ3v) is 5.96. The smallest absolute Gasteiger partial charge is 0.300 e. The van der Waals surface area contributed by atoms with E-state index >= 15 is 0 Å². The minimum absolute atomic E-state index is 0.147. The van der Waals surface area contributed by atoms with E-state index in [9.17, 15) is 19.1 Å². The van der Waals surface area contributed by atoms with Gasteiger partial charge in [0.05, 0.1) is 34.3 Å². The van der Waals surface area contributed by atoms with E-state index in [1.165, 1.54) is 24.1 Å². The summed E-state index contributed by atoms with van der Waals surface area (Å²) in [4.78, 5) is 27.6. The quantitative estimate of drug-likeness (QED) is 0.276. The lowest BCUT2D eigenvalue weighted by molar-refractivity contribution is -0.132. The molecular formula is C25H18Cl2FNO4. The van der Waals surface area contributed by atoms with Crippen molar-refractivity contribution in [3.05, 3.63) is 98.8 Å². The van der Waals surface area contributed by atoms with Crippen molar-refractivity contribution in [2.45, 2.75) is 13.0 Å². The first-order valence-electron chi connectivity index (χ1n) is 9.90. The molecule has 0 aromatic heterocycles.